The van der Waals surface area contributed by atoms with E-state index < -0.39 is 35.3 Å². The number of nitrogens with zero attached hydrogens (tertiary/aromatic N) is 2. The highest BCUT2D eigenvalue weighted by Gasteiger charge is 2.71. The quantitative estimate of drug-likeness (QED) is 0.279. The zero-order valence-electron chi connectivity index (χ0n) is 19.0. The summed E-state index contributed by atoms with van der Waals surface area (Å²) in [6.45, 7) is 3.14. The molecule has 2 heterocycles. The molecular weight excluding hydrogens is 519 g/mol. The van der Waals surface area contributed by atoms with Crippen molar-refractivity contribution in [1.82, 2.24) is 9.55 Å². The first-order valence-electron chi connectivity index (χ1n) is 10.5. The number of oxazole rings is 1. The van der Waals surface area contributed by atoms with Crippen molar-refractivity contribution in [2.45, 2.75) is 44.5 Å². The van der Waals surface area contributed by atoms with E-state index in [1.165, 1.54) is 18.2 Å². The normalized spacial score (nSPS) is 13.5. The van der Waals surface area contributed by atoms with E-state index in [4.69, 9.17) is 4.42 Å². The molecule has 0 spiro atoms. The summed E-state index contributed by atoms with van der Waals surface area (Å²) in [5.41, 5.74) is -5.92. The highest BCUT2D eigenvalue weighted by atomic mass is 19.4. The van der Waals surface area contributed by atoms with Gasteiger partial charge in [-0.1, -0.05) is 6.07 Å². The van der Waals surface area contributed by atoms with Gasteiger partial charge in [0, 0.05) is 27.7 Å². The molecule has 13 heteroatoms. The maximum Gasteiger partial charge on any atom is 0.430 e. The topological polar surface area (TPSA) is 51.2 Å². The van der Waals surface area contributed by atoms with Gasteiger partial charge in [-0.05, 0) is 56.3 Å². The van der Waals surface area contributed by atoms with Gasteiger partial charge in [-0.15, -0.1) is 0 Å². The van der Waals surface area contributed by atoms with E-state index in [0.717, 1.165) is 18.2 Å². The molecule has 37 heavy (non-hydrogen) atoms. The van der Waals surface area contributed by atoms with E-state index in [0.29, 0.717) is 29.3 Å². The minimum absolute atomic E-state index is 0.00740. The molecule has 2 aromatic heterocycles. The van der Waals surface area contributed by atoms with Gasteiger partial charge in [-0.3, -0.25) is 0 Å². The Morgan fingerprint density at radius 1 is 0.811 bits per heavy atom. The first-order valence-corrected chi connectivity index (χ1v) is 10.5. The van der Waals surface area contributed by atoms with Crippen LogP contribution in [-0.2, 0) is 18.3 Å². The summed E-state index contributed by atoms with van der Waals surface area (Å²) in [6, 6.07) is 7.71. The van der Waals surface area contributed by atoms with Crippen molar-refractivity contribution in [1.29, 1.82) is 0 Å². The molecule has 0 aliphatic carbocycles. The van der Waals surface area contributed by atoms with Crippen LogP contribution in [0, 0.1) is 13.8 Å². The molecule has 0 saturated carbocycles. The molecule has 0 radical (unpaired) electrons. The Hall–Kier alpha value is -3.48. The fourth-order valence-corrected chi connectivity index (χ4v) is 3.98. The number of fused-ring (bicyclic) bond motifs is 1. The third-order valence-corrected chi connectivity index (χ3v) is 6.01. The molecule has 2 aromatic carbocycles. The van der Waals surface area contributed by atoms with Crippen molar-refractivity contribution in [3.8, 4) is 11.5 Å². The fourth-order valence-electron chi connectivity index (χ4n) is 3.98. The van der Waals surface area contributed by atoms with Crippen LogP contribution in [0.1, 0.15) is 28.3 Å². The molecule has 0 fully saturated rings. The Morgan fingerprint density at radius 2 is 1.38 bits per heavy atom. The second kappa shape index (κ2) is 8.54. The largest absolute Gasteiger partial charge is 0.441 e. The summed E-state index contributed by atoms with van der Waals surface area (Å²) in [5.74, 6) is 0.356. The zero-order chi connectivity index (χ0) is 27.6. The molecule has 0 atom stereocenters. The van der Waals surface area contributed by atoms with Crippen molar-refractivity contribution < 1.29 is 49.0 Å². The monoisotopic (exact) mass is 536 g/mol. The van der Waals surface area contributed by atoms with E-state index in [-0.39, 0.29) is 28.9 Å². The van der Waals surface area contributed by atoms with Crippen LogP contribution in [0.25, 0.3) is 22.4 Å². The summed E-state index contributed by atoms with van der Waals surface area (Å²) in [4.78, 5) is 4.31. The van der Waals surface area contributed by atoms with Crippen LogP contribution in [0.15, 0.2) is 52.9 Å². The standard InChI is InChI=1S/C24H17F9N2O2/c1-12-9-15-10-17(21(36,23(28,29)30)24(31,32)33)7-8-19(15)35(12)11-18-13(2)37-20(34-18)14-3-5-16(6-4-14)22(25,26)27/h3-10,36H,11H2,1-2H3. The van der Waals surface area contributed by atoms with Crippen LogP contribution in [0.2, 0.25) is 0 Å². The van der Waals surface area contributed by atoms with E-state index in [1.807, 2.05) is 0 Å². The van der Waals surface area contributed by atoms with Crippen molar-refractivity contribution in [3.05, 3.63) is 76.8 Å². The number of rotatable bonds is 4. The smallest absolute Gasteiger partial charge is 0.430 e. The maximum atomic E-state index is 13.3. The predicted octanol–water partition coefficient (Wildman–Crippen LogP) is 7.29. The maximum absolute atomic E-state index is 13.3. The van der Waals surface area contributed by atoms with Crippen LogP contribution >= 0.6 is 0 Å². The van der Waals surface area contributed by atoms with Crippen LogP contribution in [-0.4, -0.2) is 27.0 Å². The summed E-state index contributed by atoms with van der Waals surface area (Å²) >= 11 is 0. The average molecular weight is 536 g/mol. The third kappa shape index (κ3) is 4.56. The molecule has 198 valence electrons. The van der Waals surface area contributed by atoms with Crippen molar-refractivity contribution in [3.63, 3.8) is 0 Å². The first-order chi connectivity index (χ1) is 16.9. The molecule has 0 saturated heterocycles. The minimum Gasteiger partial charge on any atom is -0.441 e. The Labute approximate surface area is 202 Å². The van der Waals surface area contributed by atoms with Gasteiger partial charge < -0.3 is 14.1 Å². The van der Waals surface area contributed by atoms with Crippen molar-refractivity contribution in [2.75, 3.05) is 0 Å². The lowest BCUT2D eigenvalue weighted by atomic mass is 9.91. The van der Waals surface area contributed by atoms with E-state index in [9.17, 15) is 44.6 Å². The second-order valence-electron chi connectivity index (χ2n) is 8.45. The van der Waals surface area contributed by atoms with E-state index in [2.05, 4.69) is 4.98 Å². The number of hydrogen-bond donors (Lipinski definition) is 1. The minimum atomic E-state index is -6.01. The van der Waals surface area contributed by atoms with Gasteiger partial charge in [-0.25, -0.2) is 4.98 Å². The zero-order valence-corrected chi connectivity index (χ0v) is 19.0. The van der Waals surface area contributed by atoms with Gasteiger partial charge in [0.25, 0.3) is 5.60 Å². The SMILES string of the molecule is Cc1oc(-c2ccc(C(F)(F)F)cc2)nc1Cn1c(C)cc2cc(C(O)(C(F)(F)F)C(F)(F)F)ccc21. The number of aliphatic hydroxyl groups is 1. The van der Waals surface area contributed by atoms with Crippen molar-refractivity contribution >= 4 is 10.9 Å². The van der Waals surface area contributed by atoms with Crippen LogP contribution < -0.4 is 0 Å². The van der Waals surface area contributed by atoms with E-state index in [1.54, 1.807) is 18.4 Å². The van der Waals surface area contributed by atoms with Crippen LogP contribution in [0.5, 0.6) is 0 Å². The number of benzene rings is 2. The van der Waals surface area contributed by atoms with Crippen LogP contribution in [0.4, 0.5) is 39.5 Å². The molecule has 4 rings (SSSR count). The number of alkyl halides is 9. The first kappa shape index (κ1) is 26.6. The van der Waals surface area contributed by atoms with Crippen LogP contribution in [0.3, 0.4) is 0 Å². The summed E-state index contributed by atoms with van der Waals surface area (Å²) in [7, 11) is 0. The molecule has 1 N–H and O–H groups in total. The number of halogens is 9. The molecule has 0 unspecified atom stereocenters. The summed E-state index contributed by atoms with van der Waals surface area (Å²) in [6.07, 6.45) is -16.5. The van der Waals surface area contributed by atoms with Gasteiger partial charge >= 0.3 is 18.5 Å². The lowest BCUT2D eigenvalue weighted by Crippen LogP contribution is -2.53. The number of hydrogen-bond acceptors (Lipinski definition) is 3. The van der Waals surface area contributed by atoms with E-state index >= 15 is 0 Å². The average Bonchev–Trinajstić information content (AvgIpc) is 3.30. The molecule has 4 aromatic rings. The lowest BCUT2D eigenvalue weighted by Gasteiger charge is -2.32. The molecular formula is C24H17F9N2O2. The Morgan fingerprint density at radius 3 is 1.92 bits per heavy atom. The Balaban J connectivity index is 1.70. The third-order valence-electron chi connectivity index (χ3n) is 6.01. The Kier molecular flexibility index (Phi) is 6.13. The van der Waals surface area contributed by atoms with Gasteiger partial charge in [0.05, 0.1) is 12.1 Å². The van der Waals surface area contributed by atoms with Crippen molar-refractivity contribution in [2.24, 2.45) is 0 Å². The predicted molar refractivity (Wildman–Crippen MR) is 113 cm³/mol. The summed E-state index contributed by atoms with van der Waals surface area (Å²) < 4.78 is 125. The highest BCUT2D eigenvalue weighted by Crippen LogP contribution is 2.50. The molecule has 0 aliphatic heterocycles. The highest BCUT2D eigenvalue weighted by molar-refractivity contribution is 5.82. The lowest BCUT2D eigenvalue weighted by molar-refractivity contribution is -0.376. The molecule has 0 amide bonds. The Bertz CT molecular complexity index is 1430. The molecule has 0 bridgehead atoms. The van der Waals surface area contributed by atoms with Gasteiger partial charge in [-0.2, -0.15) is 39.5 Å². The second-order valence-corrected chi connectivity index (χ2v) is 8.45. The summed E-state index contributed by atoms with van der Waals surface area (Å²) in [5, 5.41) is 9.71. The molecule has 0 aliphatic rings. The number of aromatic nitrogens is 2. The van der Waals surface area contributed by atoms with Gasteiger partial charge in [0.1, 0.15) is 11.5 Å². The van der Waals surface area contributed by atoms with Gasteiger partial charge in [0.2, 0.25) is 5.89 Å². The fraction of sp³-hybridized carbons (Fsp3) is 0.292. The van der Waals surface area contributed by atoms with Gasteiger partial charge in [0.15, 0.2) is 0 Å². The molecule has 4 nitrogen and oxygen atoms in total. The number of aryl methyl sites for hydroxylation is 2.